The predicted octanol–water partition coefficient (Wildman–Crippen LogP) is 7.40. The molecule has 1 aromatic carbocycles. The lowest BCUT2D eigenvalue weighted by Crippen LogP contribution is -2.40. The molecule has 0 saturated heterocycles. The first-order valence-corrected chi connectivity index (χ1v) is 17.1. The number of rotatable bonds is 25. The highest BCUT2D eigenvalue weighted by Crippen LogP contribution is 2.27. The van der Waals surface area contributed by atoms with E-state index in [1.54, 1.807) is 7.11 Å². The van der Waals surface area contributed by atoms with Crippen LogP contribution in [0.15, 0.2) is 53.6 Å². The summed E-state index contributed by atoms with van der Waals surface area (Å²) in [5, 5.41) is 13.6. The lowest BCUT2D eigenvalue weighted by Gasteiger charge is -2.28. The number of allylic oxidation sites excluding steroid dienone is 4. The molecule has 1 amide bonds. The summed E-state index contributed by atoms with van der Waals surface area (Å²) in [6, 6.07) is 5.79. The number of aliphatic hydroxyl groups is 1. The quantitative estimate of drug-likeness (QED) is 0.0607. The number of amides is 1. The lowest BCUT2D eigenvalue weighted by atomic mass is 10.0. The Bertz CT molecular complexity index is 1020. The van der Waals surface area contributed by atoms with Crippen molar-refractivity contribution in [1.82, 2.24) is 10.2 Å². The van der Waals surface area contributed by atoms with Gasteiger partial charge >= 0.3 is 0 Å². The summed E-state index contributed by atoms with van der Waals surface area (Å²) in [6.45, 7) is 6.78. The molecule has 0 bridgehead atoms. The monoisotopic (exact) mass is 610 g/mol. The highest BCUT2D eigenvalue weighted by molar-refractivity contribution is 5.76. The molecular weight excluding hydrogens is 550 g/mol. The molecule has 2 rings (SSSR count). The summed E-state index contributed by atoms with van der Waals surface area (Å²) in [5.74, 6) is 1.43. The van der Waals surface area contributed by atoms with Crippen LogP contribution >= 0.6 is 0 Å². The third kappa shape index (κ3) is 15.8. The van der Waals surface area contributed by atoms with Crippen LogP contribution in [-0.2, 0) is 11.3 Å². The van der Waals surface area contributed by atoms with Gasteiger partial charge in [-0.3, -0.25) is 9.69 Å². The van der Waals surface area contributed by atoms with Gasteiger partial charge < -0.3 is 25.6 Å². The van der Waals surface area contributed by atoms with Crippen molar-refractivity contribution in [2.75, 3.05) is 33.4 Å². The van der Waals surface area contributed by atoms with E-state index in [-0.39, 0.29) is 12.5 Å². The minimum atomic E-state index is -0.691. The maximum Gasteiger partial charge on any atom is 0.219 e. The molecule has 1 atom stereocenters. The molecule has 4 N–H and O–H groups in total. The molecule has 7 nitrogen and oxygen atoms in total. The normalized spacial score (nSPS) is 14.4. The molecule has 0 saturated carbocycles. The average Bonchev–Trinajstić information content (AvgIpc) is 3.05. The Labute approximate surface area is 268 Å². The molecule has 0 heterocycles. The van der Waals surface area contributed by atoms with Crippen molar-refractivity contribution in [3.05, 3.63) is 65.6 Å². The third-order valence-electron chi connectivity index (χ3n) is 8.18. The molecule has 44 heavy (non-hydrogen) atoms. The van der Waals surface area contributed by atoms with Crippen LogP contribution in [0, 0.1) is 6.42 Å². The van der Waals surface area contributed by atoms with Crippen molar-refractivity contribution >= 4 is 5.91 Å². The van der Waals surface area contributed by atoms with Crippen molar-refractivity contribution in [3.63, 3.8) is 0 Å². The van der Waals surface area contributed by atoms with Crippen molar-refractivity contribution in [2.24, 2.45) is 5.73 Å². The number of unbranched alkanes of at least 4 members (excludes halogenated alkanes) is 11. The zero-order valence-electron chi connectivity index (χ0n) is 27.8. The summed E-state index contributed by atoms with van der Waals surface area (Å²) in [6.07, 6.45) is 26.2. The van der Waals surface area contributed by atoms with Gasteiger partial charge in [-0.25, -0.2) is 0 Å². The van der Waals surface area contributed by atoms with Gasteiger partial charge in [0, 0.05) is 44.2 Å². The van der Waals surface area contributed by atoms with Crippen LogP contribution < -0.4 is 20.5 Å². The standard InChI is InChI=1S/C37H60N3O4/c1-4-6-7-8-9-10-11-12-13-14-15-16-25-40(37(42)28-38)30-33-23-24-34(27-35(33)43-3)44-26-17-18-36(41)39-29-32-21-19-31(5-2)20-22-32/h5,19-24,27,37,42H,4,6-18,25-26,28-30,38H2,1-3H3,(H,39,41)/q-1. The van der Waals surface area contributed by atoms with E-state index in [1.165, 1.54) is 69.8 Å². The summed E-state index contributed by atoms with van der Waals surface area (Å²) in [7, 11) is 1.65. The fraction of sp³-hybridized carbons (Fsp3) is 0.622. The molecular formula is C37H60N3O4-. The number of methoxy groups -OCH3 is 1. The maximum absolute atomic E-state index is 12.3. The van der Waals surface area contributed by atoms with Crippen LogP contribution in [0.2, 0.25) is 0 Å². The van der Waals surface area contributed by atoms with Crippen molar-refractivity contribution in [2.45, 2.75) is 117 Å². The van der Waals surface area contributed by atoms with Gasteiger partial charge in [-0.1, -0.05) is 90.5 Å². The molecule has 1 aliphatic carbocycles. The van der Waals surface area contributed by atoms with E-state index in [4.69, 9.17) is 15.2 Å². The highest BCUT2D eigenvalue weighted by Gasteiger charge is 2.17. The van der Waals surface area contributed by atoms with Gasteiger partial charge in [0.2, 0.25) is 5.91 Å². The lowest BCUT2D eigenvalue weighted by molar-refractivity contribution is -0.121. The summed E-state index contributed by atoms with van der Waals surface area (Å²) < 4.78 is 11.6. The number of hydrogen-bond acceptors (Lipinski definition) is 6. The fourth-order valence-electron chi connectivity index (χ4n) is 5.34. The molecule has 1 aromatic rings. The Balaban J connectivity index is 1.68. The maximum atomic E-state index is 12.3. The Morgan fingerprint density at radius 1 is 1.02 bits per heavy atom. The largest absolute Gasteiger partial charge is 0.496 e. The van der Waals surface area contributed by atoms with E-state index >= 15 is 0 Å². The molecule has 0 radical (unpaired) electrons. The molecule has 248 valence electrons. The predicted molar refractivity (Wildman–Crippen MR) is 183 cm³/mol. The second-order valence-corrected chi connectivity index (χ2v) is 11.8. The molecule has 0 fully saturated rings. The van der Waals surface area contributed by atoms with E-state index in [0.717, 1.165) is 36.3 Å². The molecule has 1 aliphatic rings. The van der Waals surface area contributed by atoms with Gasteiger partial charge in [-0.05, 0) is 18.9 Å². The van der Waals surface area contributed by atoms with Crippen molar-refractivity contribution in [3.8, 4) is 11.5 Å². The molecule has 1 unspecified atom stereocenters. The zero-order valence-corrected chi connectivity index (χ0v) is 27.8. The first-order chi connectivity index (χ1) is 21.5. The number of nitrogens with one attached hydrogen (secondary N) is 1. The highest BCUT2D eigenvalue weighted by atomic mass is 16.5. The van der Waals surface area contributed by atoms with E-state index in [2.05, 4.69) is 12.2 Å². The third-order valence-corrected chi connectivity index (χ3v) is 8.18. The number of ether oxygens (including phenoxy) is 2. The molecule has 0 aromatic heterocycles. The van der Waals surface area contributed by atoms with Crippen LogP contribution in [0.25, 0.3) is 0 Å². The van der Waals surface area contributed by atoms with Gasteiger partial charge in [0.05, 0.1) is 13.7 Å². The molecule has 0 spiro atoms. The Hall–Kier alpha value is -2.74. The number of benzene rings is 1. The Morgan fingerprint density at radius 2 is 1.70 bits per heavy atom. The summed E-state index contributed by atoms with van der Waals surface area (Å²) in [5.41, 5.74) is 9.07. The van der Waals surface area contributed by atoms with Gasteiger partial charge in [-0.2, -0.15) is 11.6 Å². The minimum Gasteiger partial charge on any atom is -0.496 e. The Kier molecular flexibility index (Phi) is 20.1. The number of carbonyl (C=O) groups excluding carboxylic acids is 1. The zero-order chi connectivity index (χ0) is 31.8. The molecule has 0 aliphatic heterocycles. The minimum absolute atomic E-state index is 0.0133. The number of carbonyl (C=O) groups is 1. The van der Waals surface area contributed by atoms with Crippen LogP contribution in [0.3, 0.4) is 0 Å². The average molecular weight is 611 g/mol. The van der Waals surface area contributed by atoms with Gasteiger partial charge in [0.25, 0.3) is 0 Å². The first-order valence-electron chi connectivity index (χ1n) is 17.1. The number of aliphatic hydroxyl groups excluding tert-OH is 1. The van der Waals surface area contributed by atoms with E-state index in [0.29, 0.717) is 38.3 Å². The SMILES string of the molecule is C/C=C1/C=CC(CNC(=O)CCCOc2ccc(CN(CCCCCCCCCCCCCC)C(O)CN)c(OC)c2)=C[CH-]1. The Morgan fingerprint density at radius 3 is 2.30 bits per heavy atom. The topological polar surface area (TPSA) is 97.0 Å². The number of nitrogens with two attached hydrogens (primary N) is 1. The van der Waals surface area contributed by atoms with Crippen LogP contribution in [0.1, 0.15) is 109 Å². The van der Waals surface area contributed by atoms with Gasteiger partial charge in [0.15, 0.2) is 0 Å². The summed E-state index contributed by atoms with van der Waals surface area (Å²) in [4.78, 5) is 14.3. The first kappa shape index (κ1) is 37.4. The fourth-order valence-corrected chi connectivity index (χ4v) is 5.34. The van der Waals surface area contributed by atoms with Crippen LogP contribution in [-0.4, -0.2) is 55.5 Å². The second-order valence-electron chi connectivity index (χ2n) is 11.8. The molecule has 7 heteroatoms. The van der Waals surface area contributed by atoms with E-state index in [1.807, 2.05) is 60.7 Å². The van der Waals surface area contributed by atoms with E-state index < -0.39 is 6.23 Å². The number of nitrogens with zero attached hydrogens (tertiary/aromatic N) is 1. The summed E-state index contributed by atoms with van der Waals surface area (Å²) >= 11 is 0. The van der Waals surface area contributed by atoms with Crippen molar-refractivity contribution < 1.29 is 19.4 Å². The number of hydrogen-bond donors (Lipinski definition) is 3. The van der Waals surface area contributed by atoms with E-state index in [9.17, 15) is 9.90 Å². The van der Waals surface area contributed by atoms with Gasteiger partial charge in [-0.15, -0.1) is 30.2 Å². The van der Waals surface area contributed by atoms with Crippen LogP contribution in [0.4, 0.5) is 0 Å². The van der Waals surface area contributed by atoms with Crippen LogP contribution in [0.5, 0.6) is 11.5 Å². The smallest absolute Gasteiger partial charge is 0.219 e. The second kappa shape index (κ2) is 23.6. The van der Waals surface area contributed by atoms with Gasteiger partial charge in [0.1, 0.15) is 17.7 Å². The van der Waals surface area contributed by atoms with Crippen molar-refractivity contribution in [1.29, 1.82) is 0 Å².